The Bertz CT molecular complexity index is 1180. The molecule has 2 saturated heterocycles. The van der Waals surface area contributed by atoms with E-state index in [1.165, 1.54) is 0 Å². The zero-order chi connectivity index (χ0) is 29.1. The van der Waals surface area contributed by atoms with Crippen molar-refractivity contribution in [3.05, 3.63) is 23.8 Å². The van der Waals surface area contributed by atoms with Crippen molar-refractivity contribution in [2.24, 2.45) is 34.5 Å². The molecule has 2 bridgehead atoms. The normalized spacial score (nSPS) is 51.5. The highest BCUT2D eigenvalue weighted by molar-refractivity contribution is 8.13. The maximum absolute atomic E-state index is 12.7. The molecule has 2 heterocycles. The van der Waals surface area contributed by atoms with Crippen molar-refractivity contribution in [3.63, 3.8) is 0 Å². The van der Waals surface area contributed by atoms with Crippen molar-refractivity contribution in [1.82, 2.24) is 0 Å². The molecule has 0 aromatic carbocycles. The molecule has 0 aromatic heterocycles. The number of carbonyl (C=O) groups is 2. The standard InChI is InChI=1S/C32H46O7S/c1-18(24-16-30(6)27(2,3)38-32(37-24,39-30)17-25(35)40-7)31(36)13-10-22-26-21(9-12-29(22,31)5)28(4)11-8-20(33)14-19(28)15-23(26)34/h8,11,14,18,21-24,26,34,36H,9-10,12-13,15-17H2,1-7H3/t18-,21+,22+,23-,24-,26-,28+,29+,30-,31-,32+/m1/s1. The van der Waals surface area contributed by atoms with Gasteiger partial charge in [0.05, 0.1) is 29.8 Å². The van der Waals surface area contributed by atoms with E-state index in [1.807, 2.05) is 20.8 Å². The first-order chi connectivity index (χ1) is 18.5. The average Bonchev–Trinajstić information content (AvgIpc) is 3.22. The van der Waals surface area contributed by atoms with E-state index in [0.717, 1.165) is 36.6 Å². The van der Waals surface area contributed by atoms with Gasteiger partial charge < -0.3 is 24.4 Å². The second kappa shape index (κ2) is 8.99. The number of carbonyl (C=O) groups excluding carboxylic acids is 2. The third kappa shape index (κ3) is 3.82. The minimum Gasteiger partial charge on any atom is -0.392 e. The van der Waals surface area contributed by atoms with Crippen molar-refractivity contribution >= 4 is 22.7 Å². The number of aliphatic hydroxyl groups excluding tert-OH is 1. The Kier molecular flexibility index (Phi) is 6.53. The summed E-state index contributed by atoms with van der Waals surface area (Å²) in [5.74, 6) is -1.24. The maximum Gasteiger partial charge on any atom is 0.292 e. The van der Waals surface area contributed by atoms with E-state index in [0.29, 0.717) is 19.3 Å². The minimum atomic E-state index is -1.45. The van der Waals surface area contributed by atoms with E-state index in [-0.39, 0.29) is 52.5 Å². The van der Waals surface area contributed by atoms with Gasteiger partial charge in [-0.3, -0.25) is 9.59 Å². The Balaban J connectivity index is 1.30. The van der Waals surface area contributed by atoms with E-state index in [1.54, 1.807) is 18.4 Å². The number of ether oxygens (including phenoxy) is 3. The van der Waals surface area contributed by atoms with Crippen LogP contribution in [0.2, 0.25) is 0 Å². The van der Waals surface area contributed by atoms with Gasteiger partial charge in [-0.1, -0.05) is 44.2 Å². The third-order valence-electron chi connectivity index (χ3n) is 12.7. The van der Waals surface area contributed by atoms with Crippen molar-refractivity contribution in [3.8, 4) is 0 Å². The molecule has 7 nitrogen and oxygen atoms in total. The molecular weight excluding hydrogens is 528 g/mol. The molecule has 5 fully saturated rings. The summed E-state index contributed by atoms with van der Waals surface area (Å²) in [6.45, 7) is 12.5. The molecule has 2 N–H and O–H groups in total. The summed E-state index contributed by atoms with van der Waals surface area (Å²) in [5, 5.41) is 24.2. The average molecular weight is 575 g/mol. The van der Waals surface area contributed by atoms with E-state index >= 15 is 0 Å². The zero-order valence-electron chi connectivity index (χ0n) is 25.0. The summed E-state index contributed by atoms with van der Waals surface area (Å²) in [6.07, 6.45) is 10.6. The fourth-order valence-corrected chi connectivity index (χ4v) is 10.2. The predicted octanol–water partition coefficient (Wildman–Crippen LogP) is 4.94. The van der Waals surface area contributed by atoms with Gasteiger partial charge in [0.1, 0.15) is 5.60 Å². The fraction of sp³-hybridized carbons (Fsp3) is 0.812. The lowest BCUT2D eigenvalue weighted by Gasteiger charge is -2.60. The number of aliphatic hydroxyl groups is 2. The molecular formula is C32H46O7S. The van der Waals surface area contributed by atoms with Crippen LogP contribution < -0.4 is 0 Å². The van der Waals surface area contributed by atoms with Crippen LogP contribution in [0, 0.1) is 34.5 Å². The first-order valence-electron chi connectivity index (χ1n) is 15.0. The van der Waals surface area contributed by atoms with E-state index in [9.17, 15) is 19.8 Å². The molecule has 11 atom stereocenters. The van der Waals surface area contributed by atoms with Crippen LogP contribution in [0.1, 0.15) is 86.5 Å². The number of thioether (sulfide) groups is 1. The third-order valence-corrected chi connectivity index (χ3v) is 13.3. The first-order valence-corrected chi connectivity index (χ1v) is 16.3. The molecule has 6 aliphatic rings. The Hall–Kier alpha value is -1.03. The second-order valence-corrected chi connectivity index (χ2v) is 15.6. The van der Waals surface area contributed by atoms with E-state index in [4.69, 9.17) is 14.2 Å². The quantitative estimate of drug-likeness (QED) is 0.487. The number of hydrogen-bond donors (Lipinski definition) is 2. The van der Waals surface area contributed by atoms with Crippen molar-refractivity contribution in [2.45, 2.75) is 121 Å². The Labute approximate surface area is 242 Å². The van der Waals surface area contributed by atoms with Crippen LogP contribution in [0.5, 0.6) is 0 Å². The first kappa shape index (κ1) is 29.1. The summed E-state index contributed by atoms with van der Waals surface area (Å²) in [5.41, 5.74) is -1.93. The highest BCUT2D eigenvalue weighted by atomic mass is 32.2. The van der Waals surface area contributed by atoms with Gasteiger partial charge in [-0.15, -0.1) is 0 Å². The molecule has 0 radical (unpaired) electrons. The molecule has 40 heavy (non-hydrogen) atoms. The number of rotatable bonds is 4. The van der Waals surface area contributed by atoms with Crippen LogP contribution in [0.4, 0.5) is 0 Å². The molecule has 2 aliphatic heterocycles. The molecule has 3 saturated carbocycles. The summed E-state index contributed by atoms with van der Waals surface area (Å²) in [4.78, 5) is 24.7. The lowest BCUT2D eigenvalue weighted by Crippen LogP contribution is -2.62. The van der Waals surface area contributed by atoms with Gasteiger partial charge in [0.2, 0.25) is 0 Å². The number of allylic oxidation sites excluding steroid dienone is 3. The van der Waals surface area contributed by atoms with Crippen LogP contribution in [-0.2, 0) is 23.8 Å². The minimum absolute atomic E-state index is 0.00483. The molecule has 4 aliphatic carbocycles. The van der Waals surface area contributed by atoms with E-state index in [2.05, 4.69) is 26.8 Å². The molecule has 8 heteroatoms. The van der Waals surface area contributed by atoms with Gasteiger partial charge in [0.15, 0.2) is 10.9 Å². The maximum atomic E-state index is 12.7. The second-order valence-electron chi connectivity index (χ2n) is 14.7. The molecule has 222 valence electrons. The Morgan fingerprint density at radius 1 is 1.12 bits per heavy atom. The monoisotopic (exact) mass is 574 g/mol. The molecule has 0 spiro atoms. The summed E-state index contributed by atoms with van der Waals surface area (Å²) in [7, 11) is 0. The van der Waals surface area contributed by atoms with Crippen molar-refractivity contribution in [1.29, 1.82) is 0 Å². The van der Waals surface area contributed by atoms with Crippen molar-refractivity contribution < 1.29 is 34.0 Å². The number of hydrogen-bond acceptors (Lipinski definition) is 8. The fourth-order valence-electron chi connectivity index (χ4n) is 9.90. The molecule has 6 rings (SSSR count). The van der Waals surface area contributed by atoms with E-state index < -0.39 is 34.3 Å². The Morgan fingerprint density at radius 3 is 2.52 bits per heavy atom. The topological polar surface area (TPSA) is 102 Å². The van der Waals surface area contributed by atoms with Crippen molar-refractivity contribution in [2.75, 3.05) is 6.26 Å². The largest absolute Gasteiger partial charge is 0.392 e. The van der Waals surface area contributed by atoms with Crippen LogP contribution in [-0.4, -0.2) is 62.4 Å². The van der Waals surface area contributed by atoms with Gasteiger partial charge in [-0.2, -0.15) is 0 Å². The lowest BCUT2D eigenvalue weighted by molar-refractivity contribution is -0.396. The molecule has 0 aromatic rings. The Morgan fingerprint density at radius 2 is 1.82 bits per heavy atom. The highest BCUT2D eigenvalue weighted by Crippen LogP contribution is 2.69. The van der Waals surface area contributed by atoms with Crippen LogP contribution in [0.3, 0.4) is 0 Å². The predicted molar refractivity (Wildman–Crippen MR) is 152 cm³/mol. The molecule has 0 unspecified atom stereocenters. The smallest absolute Gasteiger partial charge is 0.292 e. The van der Waals surface area contributed by atoms with Crippen LogP contribution >= 0.6 is 11.8 Å². The summed E-state index contributed by atoms with van der Waals surface area (Å²) in [6, 6.07) is 0. The summed E-state index contributed by atoms with van der Waals surface area (Å²) >= 11 is 1.14. The van der Waals surface area contributed by atoms with Gasteiger partial charge in [-0.05, 0) is 94.5 Å². The van der Waals surface area contributed by atoms with Crippen LogP contribution in [0.25, 0.3) is 0 Å². The van der Waals surface area contributed by atoms with Gasteiger partial charge in [-0.25, -0.2) is 0 Å². The van der Waals surface area contributed by atoms with Gasteiger partial charge in [0, 0.05) is 17.8 Å². The van der Waals surface area contributed by atoms with Gasteiger partial charge >= 0.3 is 0 Å². The zero-order valence-corrected chi connectivity index (χ0v) is 25.8. The highest BCUT2D eigenvalue weighted by Gasteiger charge is 2.71. The summed E-state index contributed by atoms with van der Waals surface area (Å²) < 4.78 is 19.4. The lowest BCUT2D eigenvalue weighted by atomic mass is 9.46. The number of fused-ring (bicyclic) bond motifs is 7. The molecule has 0 amide bonds. The van der Waals surface area contributed by atoms with Gasteiger partial charge in [0.25, 0.3) is 5.97 Å². The number of ketones is 1. The SMILES string of the molecule is CSC(=O)C[C@@]12O[C@@H]([C@@H](C)[C@]3(O)CC[C@H]4[C@@H]5[C@H](O)CC6=CC(=O)C=C[C@]6(C)[C@H]5CC[C@@]43C)C[C@@](C)(O1)C(C)(C)O2. The van der Waals surface area contributed by atoms with Crippen LogP contribution in [0.15, 0.2) is 23.8 Å².